The summed E-state index contributed by atoms with van der Waals surface area (Å²) in [5.74, 6) is 0.291. The highest BCUT2D eigenvalue weighted by Crippen LogP contribution is 2.17. The zero-order chi connectivity index (χ0) is 15.8. The van der Waals surface area contributed by atoms with Crippen LogP contribution in [0.5, 0.6) is 0 Å². The van der Waals surface area contributed by atoms with Gasteiger partial charge in [0.25, 0.3) is 5.56 Å². The van der Waals surface area contributed by atoms with Crippen LogP contribution in [-0.2, 0) is 6.54 Å². The van der Waals surface area contributed by atoms with Gasteiger partial charge in [-0.05, 0) is 35.7 Å². The van der Waals surface area contributed by atoms with Gasteiger partial charge in [0.15, 0.2) is 0 Å². The number of halogens is 1. The molecule has 114 valence electrons. The SMILES string of the molecule is O=c1c2ccsc2ncn1Cc1nc(-c2ccc(F)cc2)no1. The van der Waals surface area contributed by atoms with Crippen LogP contribution in [0.2, 0.25) is 0 Å². The summed E-state index contributed by atoms with van der Waals surface area (Å²) in [6.07, 6.45) is 1.46. The van der Waals surface area contributed by atoms with Crippen molar-refractivity contribution in [2.24, 2.45) is 0 Å². The fraction of sp³-hybridized carbons (Fsp3) is 0.0667. The molecular formula is C15H9FN4O2S. The van der Waals surface area contributed by atoms with Crippen LogP contribution in [-0.4, -0.2) is 19.7 Å². The van der Waals surface area contributed by atoms with Gasteiger partial charge in [-0.3, -0.25) is 9.36 Å². The van der Waals surface area contributed by atoms with Crippen molar-refractivity contribution in [2.75, 3.05) is 0 Å². The first-order chi connectivity index (χ1) is 11.2. The average Bonchev–Trinajstić information content (AvgIpc) is 3.20. The van der Waals surface area contributed by atoms with Crippen molar-refractivity contribution in [2.45, 2.75) is 6.54 Å². The molecule has 0 aliphatic heterocycles. The zero-order valence-corrected chi connectivity index (χ0v) is 12.5. The van der Waals surface area contributed by atoms with Crippen LogP contribution in [0.3, 0.4) is 0 Å². The highest BCUT2D eigenvalue weighted by atomic mass is 32.1. The van der Waals surface area contributed by atoms with Gasteiger partial charge in [0.2, 0.25) is 11.7 Å². The van der Waals surface area contributed by atoms with E-state index in [9.17, 15) is 9.18 Å². The number of thiophene rings is 1. The number of hydrogen-bond acceptors (Lipinski definition) is 6. The van der Waals surface area contributed by atoms with Crippen LogP contribution in [0.15, 0.2) is 51.4 Å². The molecule has 23 heavy (non-hydrogen) atoms. The van der Waals surface area contributed by atoms with Crippen molar-refractivity contribution in [3.63, 3.8) is 0 Å². The molecule has 0 saturated carbocycles. The van der Waals surface area contributed by atoms with Gasteiger partial charge in [-0.25, -0.2) is 9.37 Å². The van der Waals surface area contributed by atoms with E-state index in [0.29, 0.717) is 21.6 Å². The van der Waals surface area contributed by atoms with E-state index in [0.717, 1.165) is 0 Å². The second-order valence-corrected chi connectivity index (χ2v) is 5.73. The van der Waals surface area contributed by atoms with Crippen LogP contribution in [0.25, 0.3) is 21.6 Å². The van der Waals surface area contributed by atoms with E-state index in [1.165, 1.54) is 34.4 Å². The minimum atomic E-state index is -0.334. The molecule has 0 bridgehead atoms. The van der Waals surface area contributed by atoms with Crippen molar-refractivity contribution in [1.29, 1.82) is 0 Å². The summed E-state index contributed by atoms with van der Waals surface area (Å²) in [5, 5.41) is 6.24. The molecule has 0 amide bonds. The molecule has 6 nitrogen and oxygen atoms in total. The molecule has 0 atom stereocenters. The molecule has 0 aliphatic carbocycles. The molecule has 0 fully saturated rings. The van der Waals surface area contributed by atoms with Gasteiger partial charge < -0.3 is 4.52 Å². The molecule has 0 unspecified atom stereocenters. The Labute approximate surface area is 132 Å². The van der Waals surface area contributed by atoms with Gasteiger partial charge in [0.05, 0.1) is 11.7 Å². The Morgan fingerprint density at radius 3 is 2.87 bits per heavy atom. The Morgan fingerprint density at radius 1 is 1.22 bits per heavy atom. The van der Waals surface area contributed by atoms with Crippen molar-refractivity contribution < 1.29 is 8.91 Å². The normalized spacial score (nSPS) is 11.2. The lowest BCUT2D eigenvalue weighted by molar-refractivity contribution is 0.369. The van der Waals surface area contributed by atoms with Gasteiger partial charge in [0, 0.05) is 5.56 Å². The maximum Gasteiger partial charge on any atom is 0.262 e. The van der Waals surface area contributed by atoms with Crippen LogP contribution in [0, 0.1) is 5.82 Å². The van der Waals surface area contributed by atoms with E-state index in [-0.39, 0.29) is 23.8 Å². The summed E-state index contributed by atoms with van der Waals surface area (Å²) in [5.41, 5.74) is 0.484. The highest BCUT2D eigenvalue weighted by Gasteiger charge is 2.11. The largest absolute Gasteiger partial charge is 0.337 e. The van der Waals surface area contributed by atoms with Crippen molar-refractivity contribution in [3.05, 3.63) is 64.1 Å². The molecule has 0 aliphatic rings. The molecule has 0 saturated heterocycles. The topological polar surface area (TPSA) is 73.8 Å². The third-order valence-corrected chi connectivity index (χ3v) is 4.15. The van der Waals surface area contributed by atoms with Crippen LogP contribution in [0.1, 0.15) is 5.89 Å². The first-order valence-corrected chi connectivity index (χ1v) is 7.60. The molecular weight excluding hydrogens is 319 g/mol. The number of nitrogens with zero attached hydrogens (tertiary/aromatic N) is 4. The maximum absolute atomic E-state index is 12.9. The van der Waals surface area contributed by atoms with E-state index in [1.54, 1.807) is 18.2 Å². The van der Waals surface area contributed by atoms with E-state index >= 15 is 0 Å². The van der Waals surface area contributed by atoms with Crippen LogP contribution < -0.4 is 5.56 Å². The molecule has 1 aromatic carbocycles. The predicted molar refractivity (Wildman–Crippen MR) is 82.7 cm³/mol. The Balaban J connectivity index is 1.65. The average molecular weight is 328 g/mol. The van der Waals surface area contributed by atoms with Gasteiger partial charge in [0.1, 0.15) is 17.2 Å². The number of fused-ring (bicyclic) bond motifs is 1. The first-order valence-electron chi connectivity index (χ1n) is 6.72. The molecule has 3 aromatic heterocycles. The molecule has 0 radical (unpaired) electrons. The summed E-state index contributed by atoms with van der Waals surface area (Å²) < 4.78 is 19.5. The first kappa shape index (κ1) is 13.8. The Bertz CT molecular complexity index is 1040. The van der Waals surface area contributed by atoms with Gasteiger partial charge >= 0.3 is 0 Å². The lowest BCUT2D eigenvalue weighted by atomic mass is 10.2. The molecule has 0 spiro atoms. The maximum atomic E-state index is 12.9. The zero-order valence-electron chi connectivity index (χ0n) is 11.6. The summed E-state index contributed by atoms with van der Waals surface area (Å²) in [6.45, 7) is 0.131. The fourth-order valence-corrected chi connectivity index (χ4v) is 2.91. The lowest BCUT2D eigenvalue weighted by Crippen LogP contribution is -2.20. The molecule has 8 heteroatoms. The predicted octanol–water partition coefficient (Wildman–Crippen LogP) is 2.70. The van der Waals surface area contributed by atoms with E-state index in [4.69, 9.17) is 4.52 Å². The second kappa shape index (κ2) is 5.40. The number of aromatic nitrogens is 4. The van der Waals surface area contributed by atoms with Crippen LogP contribution in [0.4, 0.5) is 4.39 Å². The summed E-state index contributed by atoms with van der Waals surface area (Å²) in [6, 6.07) is 7.52. The smallest absolute Gasteiger partial charge is 0.262 e. The molecule has 4 aromatic rings. The third-order valence-electron chi connectivity index (χ3n) is 3.33. The Kier molecular flexibility index (Phi) is 3.23. The molecule has 4 rings (SSSR count). The Hall–Kier alpha value is -2.87. The van der Waals surface area contributed by atoms with E-state index < -0.39 is 0 Å². The van der Waals surface area contributed by atoms with E-state index in [2.05, 4.69) is 15.1 Å². The fourth-order valence-electron chi connectivity index (χ4n) is 2.19. The van der Waals surface area contributed by atoms with Crippen molar-refractivity contribution in [3.8, 4) is 11.4 Å². The van der Waals surface area contributed by atoms with Gasteiger partial charge in [-0.15, -0.1) is 11.3 Å². The van der Waals surface area contributed by atoms with E-state index in [1.807, 2.05) is 5.38 Å². The highest BCUT2D eigenvalue weighted by molar-refractivity contribution is 7.16. The lowest BCUT2D eigenvalue weighted by Gasteiger charge is -2.00. The molecule has 3 heterocycles. The van der Waals surface area contributed by atoms with Crippen molar-refractivity contribution >= 4 is 21.6 Å². The quantitative estimate of drug-likeness (QED) is 0.578. The number of hydrogen-bond donors (Lipinski definition) is 0. The van der Waals surface area contributed by atoms with Crippen molar-refractivity contribution in [1.82, 2.24) is 19.7 Å². The minimum Gasteiger partial charge on any atom is -0.337 e. The summed E-state index contributed by atoms with van der Waals surface area (Å²) in [7, 11) is 0. The Morgan fingerprint density at radius 2 is 2.04 bits per heavy atom. The minimum absolute atomic E-state index is 0.131. The van der Waals surface area contributed by atoms with Crippen LogP contribution >= 0.6 is 11.3 Å². The number of benzene rings is 1. The third kappa shape index (κ3) is 2.53. The van der Waals surface area contributed by atoms with Gasteiger partial charge in [-0.2, -0.15) is 4.98 Å². The summed E-state index contributed by atoms with van der Waals surface area (Å²) in [4.78, 5) is 21.5. The standard InChI is InChI=1S/C15H9FN4O2S/c16-10-3-1-9(2-4-10)13-18-12(22-19-13)7-20-8-17-14-11(15(20)21)5-6-23-14/h1-6,8H,7H2. The monoisotopic (exact) mass is 328 g/mol. The second-order valence-electron chi connectivity index (χ2n) is 4.84. The summed E-state index contributed by atoms with van der Waals surface area (Å²) >= 11 is 1.41. The molecule has 0 N–H and O–H groups in total. The van der Waals surface area contributed by atoms with Gasteiger partial charge in [-0.1, -0.05) is 5.16 Å². The number of rotatable bonds is 3.